The lowest BCUT2D eigenvalue weighted by Gasteiger charge is -2.28. The first-order chi connectivity index (χ1) is 5.86. The molecule has 0 atom stereocenters. The molecule has 0 aromatic rings. The van der Waals surface area contributed by atoms with Crippen LogP contribution in [0.3, 0.4) is 0 Å². The second-order valence-corrected chi connectivity index (χ2v) is 2.72. The van der Waals surface area contributed by atoms with Crippen LogP contribution in [0, 0.1) is 0 Å². The molecule has 0 aliphatic carbocycles. The van der Waals surface area contributed by atoms with Gasteiger partial charge in [0.1, 0.15) is 6.10 Å². The molecule has 1 aliphatic rings. The molecular formula is C9H20FNO. The monoisotopic (exact) mass is 177 g/mol. The van der Waals surface area contributed by atoms with Gasteiger partial charge in [-0.25, -0.2) is 0 Å². The van der Waals surface area contributed by atoms with Crippen molar-refractivity contribution in [1.82, 2.24) is 4.90 Å². The van der Waals surface area contributed by atoms with Crippen molar-refractivity contribution >= 4 is 0 Å². The highest BCUT2D eigenvalue weighted by molar-refractivity contribution is 4.70. The van der Waals surface area contributed by atoms with Gasteiger partial charge in [-0.15, -0.1) is 0 Å². The second-order valence-electron chi connectivity index (χ2n) is 2.72. The Morgan fingerprint density at radius 2 is 1.83 bits per heavy atom. The zero-order valence-corrected chi connectivity index (χ0v) is 8.35. The zero-order valence-electron chi connectivity index (χ0n) is 8.35. The predicted octanol–water partition coefficient (Wildman–Crippen LogP) is 2.40. The molecule has 0 aromatic carbocycles. The fraction of sp³-hybridized carbons (Fsp3) is 1.00. The largest absolute Gasteiger partial charge is 0.303 e. The Hall–Kier alpha value is -0.150. The summed E-state index contributed by atoms with van der Waals surface area (Å²) in [5.41, 5.74) is 0. The van der Waals surface area contributed by atoms with E-state index in [0.29, 0.717) is 0 Å². The minimum absolute atomic E-state index is 0.136. The maximum atomic E-state index is 11.6. The van der Waals surface area contributed by atoms with Crippen molar-refractivity contribution in [3.8, 4) is 0 Å². The van der Waals surface area contributed by atoms with E-state index in [1.807, 2.05) is 13.8 Å². The Morgan fingerprint density at radius 1 is 1.33 bits per heavy atom. The number of hydrogen-bond acceptors (Lipinski definition) is 2. The first kappa shape index (κ1) is 11.8. The van der Waals surface area contributed by atoms with Crippen LogP contribution >= 0.6 is 0 Å². The summed E-state index contributed by atoms with van der Waals surface area (Å²) in [4.78, 5) is 6.06. The number of halogens is 1. The third kappa shape index (κ3) is 4.02. The SMILES string of the molecule is CC.CCN1CCC(OF)CC1. The van der Waals surface area contributed by atoms with Crippen LogP contribution in [-0.2, 0) is 4.94 Å². The molecule has 1 aliphatic heterocycles. The van der Waals surface area contributed by atoms with Crippen molar-refractivity contribution in [2.75, 3.05) is 19.6 Å². The van der Waals surface area contributed by atoms with E-state index >= 15 is 0 Å². The van der Waals surface area contributed by atoms with Gasteiger partial charge in [0.2, 0.25) is 0 Å². The van der Waals surface area contributed by atoms with Crippen molar-refractivity contribution in [1.29, 1.82) is 0 Å². The maximum absolute atomic E-state index is 11.6. The summed E-state index contributed by atoms with van der Waals surface area (Å²) in [6.45, 7) is 9.14. The molecule has 0 saturated carbocycles. The van der Waals surface area contributed by atoms with E-state index in [4.69, 9.17) is 0 Å². The zero-order chi connectivity index (χ0) is 9.40. The van der Waals surface area contributed by atoms with E-state index in [9.17, 15) is 4.53 Å². The van der Waals surface area contributed by atoms with Crippen molar-refractivity contribution in [3.63, 3.8) is 0 Å². The lowest BCUT2D eigenvalue weighted by molar-refractivity contribution is -0.190. The first-order valence-corrected chi connectivity index (χ1v) is 4.86. The third-order valence-corrected chi connectivity index (χ3v) is 2.11. The minimum Gasteiger partial charge on any atom is -0.303 e. The molecule has 0 unspecified atom stereocenters. The average molecular weight is 177 g/mol. The number of rotatable bonds is 2. The van der Waals surface area contributed by atoms with Gasteiger partial charge in [0.15, 0.2) is 0 Å². The van der Waals surface area contributed by atoms with Gasteiger partial charge in [0.25, 0.3) is 0 Å². The predicted molar refractivity (Wildman–Crippen MR) is 48.7 cm³/mol. The maximum Gasteiger partial charge on any atom is 0.101 e. The Balaban J connectivity index is 0.000000561. The van der Waals surface area contributed by atoms with Gasteiger partial charge < -0.3 is 4.90 Å². The van der Waals surface area contributed by atoms with Gasteiger partial charge in [-0.05, 0) is 23.9 Å². The first-order valence-electron chi connectivity index (χ1n) is 4.86. The standard InChI is InChI=1S/C7H14FNO.C2H6/c1-2-9-5-3-7(10-8)4-6-9;1-2/h7H,2-6H2,1H3;1-2H3. The Bertz CT molecular complexity index is 80.5. The molecule has 0 amide bonds. The molecule has 3 heteroatoms. The summed E-state index contributed by atoms with van der Waals surface area (Å²) in [5, 5.41) is 0. The molecular weight excluding hydrogens is 157 g/mol. The molecule has 1 fully saturated rings. The summed E-state index contributed by atoms with van der Waals surface area (Å²) in [5.74, 6) is 0. The molecule has 2 nitrogen and oxygen atoms in total. The highest BCUT2D eigenvalue weighted by atomic mass is 19.3. The van der Waals surface area contributed by atoms with Crippen LogP contribution in [-0.4, -0.2) is 30.6 Å². The summed E-state index contributed by atoms with van der Waals surface area (Å²) < 4.78 is 11.6. The Morgan fingerprint density at radius 3 is 2.17 bits per heavy atom. The lowest BCUT2D eigenvalue weighted by Crippen LogP contribution is -2.35. The molecule has 0 radical (unpaired) electrons. The highest BCUT2D eigenvalue weighted by Crippen LogP contribution is 2.12. The third-order valence-electron chi connectivity index (χ3n) is 2.11. The van der Waals surface area contributed by atoms with Crippen LogP contribution in [0.5, 0.6) is 0 Å². The summed E-state index contributed by atoms with van der Waals surface area (Å²) >= 11 is 0. The topological polar surface area (TPSA) is 12.5 Å². The van der Waals surface area contributed by atoms with Crippen molar-refractivity contribution in [2.45, 2.75) is 39.7 Å². The molecule has 74 valence electrons. The minimum atomic E-state index is -0.136. The van der Waals surface area contributed by atoms with Gasteiger partial charge in [0, 0.05) is 13.1 Å². The molecule has 1 heterocycles. The van der Waals surface area contributed by atoms with Crippen LogP contribution in [0.2, 0.25) is 0 Å². The molecule has 0 N–H and O–H groups in total. The fourth-order valence-corrected chi connectivity index (χ4v) is 1.31. The van der Waals surface area contributed by atoms with Crippen molar-refractivity contribution in [2.24, 2.45) is 0 Å². The van der Waals surface area contributed by atoms with Crippen LogP contribution in [0.25, 0.3) is 0 Å². The van der Waals surface area contributed by atoms with Crippen LogP contribution in [0.1, 0.15) is 33.6 Å². The van der Waals surface area contributed by atoms with Crippen molar-refractivity contribution in [3.05, 3.63) is 0 Å². The Kier molecular flexibility index (Phi) is 7.40. The Labute approximate surface area is 74.6 Å². The second kappa shape index (κ2) is 7.50. The van der Waals surface area contributed by atoms with Crippen LogP contribution in [0.4, 0.5) is 4.53 Å². The van der Waals surface area contributed by atoms with Crippen molar-refractivity contribution < 1.29 is 9.47 Å². The van der Waals surface area contributed by atoms with E-state index < -0.39 is 0 Å². The van der Waals surface area contributed by atoms with Gasteiger partial charge in [0.05, 0.1) is 0 Å². The number of nitrogens with zero attached hydrogens (tertiary/aromatic N) is 1. The molecule has 1 saturated heterocycles. The van der Waals surface area contributed by atoms with Crippen LogP contribution in [0.15, 0.2) is 0 Å². The summed E-state index contributed by atoms with van der Waals surface area (Å²) in [6.07, 6.45) is 1.54. The molecule has 0 spiro atoms. The average Bonchev–Trinajstić information content (AvgIpc) is 2.21. The summed E-state index contributed by atoms with van der Waals surface area (Å²) in [6, 6.07) is 0. The van der Waals surface area contributed by atoms with Gasteiger partial charge >= 0.3 is 0 Å². The fourth-order valence-electron chi connectivity index (χ4n) is 1.31. The van der Waals surface area contributed by atoms with Crippen LogP contribution < -0.4 is 0 Å². The van der Waals surface area contributed by atoms with E-state index in [1.54, 1.807) is 0 Å². The van der Waals surface area contributed by atoms with Gasteiger partial charge in [-0.1, -0.05) is 20.8 Å². The normalized spacial score (nSPS) is 20.0. The summed E-state index contributed by atoms with van der Waals surface area (Å²) in [7, 11) is 0. The van der Waals surface area contributed by atoms with E-state index in [-0.39, 0.29) is 6.10 Å². The van der Waals surface area contributed by atoms with Gasteiger partial charge in [-0.2, -0.15) is 4.94 Å². The molecule has 0 aromatic heterocycles. The highest BCUT2D eigenvalue weighted by Gasteiger charge is 2.18. The smallest absolute Gasteiger partial charge is 0.101 e. The molecule has 12 heavy (non-hydrogen) atoms. The number of piperidine rings is 1. The quantitative estimate of drug-likeness (QED) is 0.642. The molecule has 0 bridgehead atoms. The van der Waals surface area contributed by atoms with Gasteiger partial charge in [-0.3, -0.25) is 0 Å². The number of likely N-dealkylation sites (tertiary alicyclic amines) is 1. The van der Waals surface area contributed by atoms with E-state index in [2.05, 4.69) is 16.8 Å². The van der Waals surface area contributed by atoms with E-state index in [1.165, 1.54) is 0 Å². The lowest BCUT2D eigenvalue weighted by atomic mass is 10.1. The molecule has 1 rings (SSSR count). The van der Waals surface area contributed by atoms with E-state index in [0.717, 1.165) is 32.5 Å². The number of hydrogen-bond donors (Lipinski definition) is 0.